The van der Waals surface area contributed by atoms with Crippen LogP contribution in [0, 0.1) is 0 Å². The van der Waals surface area contributed by atoms with E-state index < -0.39 is 6.04 Å². The van der Waals surface area contributed by atoms with Gasteiger partial charge in [0.05, 0.1) is 12.8 Å². The third-order valence-corrected chi connectivity index (χ3v) is 5.16. The zero-order valence-electron chi connectivity index (χ0n) is 15.1. The second kappa shape index (κ2) is 6.71. The molecular formula is C19H14ClN7O2. The van der Waals surface area contributed by atoms with Gasteiger partial charge in [-0.15, -0.1) is 0 Å². The Morgan fingerprint density at radius 2 is 2.03 bits per heavy atom. The first kappa shape index (κ1) is 17.4. The van der Waals surface area contributed by atoms with Crippen LogP contribution in [0.25, 0.3) is 11.3 Å². The fourth-order valence-electron chi connectivity index (χ4n) is 3.51. The number of fused-ring (bicyclic) bond motifs is 2. The molecule has 0 saturated heterocycles. The minimum atomic E-state index is -0.541. The summed E-state index contributed by atoms with van der Waals surface area (Å²) in [5.41, 5.74) is 2.66. The van der Waals surface area contributed by atoms with E-state index in [1.54, 1.807) is 17.9 Å². The van der Waals surface area contributed by atoms with Crippen molar-refractivity contribution in [3.8, 4) is 17.0 Å². The van der Waals surface area contributed by atoms with Gasteiger partial charge in [-0.1, -0.05) is 47.0 Å². The highest BCUT2D eigenvalue weighted by molar-refractivity contribution is 6.31. The number of hydrogen-bond donors (Lipinski definition) is 2. The van der Waals surface area contributed by atoms with Crippen LogP contribution in [-0.4, -0.2) is 37.5 Å². The lowest BCUT2D eigenvalue weighted by Crippen LogP contribution is -2.29. The highest BCUT2D eigenvalue weighted by Gasteiger charge is 2.35. The van der Waals surface area contributed by atoms with E-state index in [0.717, 1.165) is 11.1 Å². The van der Waals surface area contributed by atoms with Crippen LogP contribution >= 0.6 is 11.6 Å². The van der Waals surface area contributed by atoms with Crippen molar-refractivity contribution in [2.45, 2.75) is 6.04 Å². The molecule has 2 aromatic heterocycles. The molecular weight excluding hydrogens is 394 g/mol. The smallest absolute Gasteiger partial charge is 0.288 e. The van der Waals surface area contributed by atoms with Crippen LogP contribution in [0.15, 0.2) is 53.3 Å². The highest BCUT2D eigenvalue weighted by atomic mass is 35.5. The Balaban J connectivity index is 1.83. The summed E-state index contributed by atoms with van der Waals surface area (Å²) in [7, 11) is 1.59. The Kier molecular flexibility index (Phi) is 4.02. The number of halogens is 1. The van der Waals surface area contributed by atoms with E-state index in [2.05, 4.69) is 31.0 Å². The number of tetrazole rings is 1. The van der Waals surface area contributed by atoms with Gasteiger partial charge in [-0.05, 0) is 28.6 Å². The van der Waals surface area contributed by atoms with Crippen molar-refractivity contribution in [3.05, 3.63) is 75.0 Å². The molecule has 0 saturated carbocycles. The van der Waals surface area contributed by atoms with Crippen molar-refractivity contribution in [3.63, 3.8) is 0 Å². The molecule has 29 heavy (non-hydrogen) atoms. The number of methoxy groups -OCH3 is 1. The molecule has 144 valence electrons. The van der Waals surface area contributed by atoms with E-state index in [9.17, 15) is 4.79 Å². The van der Waals surface area contributed by atoms with E-state index in [0.29, 0.717) is 33.7 Å². The SMILES string of the molecule is COc1cccc(-c2n[nH]c(=O)c3c2[C@@H](c2ccccc2Cl)n2nnnc2N3)c1. The summed E-state index contributed by atoms with van der Waals surface area (Å²) in [5, 5.41) is 22.3. The van der Waals surface area contributed by atoms with Gasteiger partial charge in [-0.2, -0.15) is 9.78 Å². The number of benzene rings is 2. The standard InChI is InChI=1S/C19H14ClN7O2/c1-29-11-6-4-5-10(9-11)15-14-16(18(28)23-22-15)21-19-24-25-26-27(19)17(14)12-7-2-3-8-13(12)20/h2-9,17H,1H3,(H,23,28)(H,21,24,26)/t17-/m1/s1. The van der Waals surface area contributed by atoms with Gasteiger partial charge in [-0.3, -0.25) is 4.79 Å². The molecule has 2 N–H and O–H groups in total. The fraction of sp³-hybridized carbons (Fsp3) is 0.105. The van der Waals surface area contributed by atoms with Crippen molar-refractivity contribution < 1.29 is 4.74 Å². The lowest BCUT2D eigenvalue weighted by atomic mass is 9.92. The normalized spacial score (nSPS) is 14.6. The quantitative estimate of drug-likeness (QED) is 0.473. The van der Waals surface area contributed by atoms with Gasteiger partial charge < -0.3 is 10.1 Å². The lowest BCUT2D eigenvalue weighted by molar-refractivity contribution is 0.415. The van der Waals surface area contributed by atoms with E-state index in [4.69, 9.17) is 16.3 Å². The van der Waals surface area contributed by atoms with Crippen molar-refractivity contribution in [1.82, 2.24) is 30.4 Å². The predicted molar refractivity (Wildman–Crippen MR) is 107 cm³/mol. The molecule has 10 heteroatoms. The van der Waals surface area contributed by atoms with Crippen molar-refractivity contribution in [1.29, 1.82) is 0 Å². The molecule has 1 aliphatic heterocycles. The molecule has 9 nitrogen and oxygen atoms in total. The van der Waals surface area contributed by atoms with Crippen LogP contribution in [0.2, 0.25) is 5.02 Å². The topological polar surface area (TPSA) is 111 Å². The molecule has 1 aliphatic rings. The molecule has 5 rings (SSSR count). The number of rotatable bonds is 3. The number of nitrogens with one attached hydrogen (secondary N) is 2. The van der Waals surface area contributed by atoms with Gasteiger partial charge in [-0.25, -0.2) is 5.10 Å². The van der Waals surface area contributed by atoms with Gasteiger partial charge in [0.1, 0.15) is 17.5 Å². The highest BCUT2D eigenvalue weighted by Crippen LogP contribution is 2.43. The average Bonchev–Trinajstić information content (AvgIpc) is 3.22. The van der Waals surface area contributed by atoms with Crippen LogP contribution in [0.5, 0.6) is 5.75 Å². The van der Waals surface area contributed by atoms with Crippen LogP contribution in [0.4, 0.5) is 11.6 Å². The zero-order valence-corrected chi connectivity index (χ0v) is 15.9. The Hall–Kier alpha value is -3.72. The number of nitrogens with zero attached hydrogens (tertiary/aromatic N) is 5. The lowest BCUT2D eigenvalue weighted by Gasteiger charge is -2.28. The summed E-state index contributed by atoms with van der Waals surface area (Å²) in [6.07, 6.45) is 0. The van der Waals surface area contributed by atoms with Crippen molar-refractivity contribution >= 4 is 23.2 Å². The van der Waals surface area contributed by atoms with E-state index in [-0.39, 0.29) is 5.56 Å². The minimum Gasteiger partial charge on any atom is -0.497 e. The maximum atomic E-state index is 12.6. The summed E-state index contributed by atoms with van der Waals surface area (Å²) in [5.74, 6) is 1.01. The number of H-pyrrole nitrogens is 1. The average molecular weight is 408 g/mol. The predicted octanol–water partition coefficient (Wildman–Crippen LogP) is 2.78. The maximum Gasteiger partial charge on any atom is 0.288 e. The van der Waals surface area contributed by atoms with Crippen LogP contribution in [0.1, 0.15) is 17.2 Å². The summed E-state index contributed by atoms with van der Waals surface area (Å²) in [6.45, 7) is 0. The Labute approximate surface area is 169 Å². The summed E-state index contributed by atoms with van der Waals surface area (Å²) in [4.78, 5) is 12.6. The second-order valence-electron chi connectivity index (χ2n) is 6.42. The van der Waals surface area contributed by atoms with Crippen LogP contribution in [-0.2, 0) is 0 Å². The number of ether oxygens (including phenoxy) is 1. The molecule has 2 aromatic carbocycles. The Morgan fingerprint density at radius 1 is 1.17 bits per heavy atom. The first-order valence-electron chi connectivity index (χ1n) is 8.73. The van der Waals surface area contributed by atoms with Crippen LogP contribution in [0.3, 0.4) is 0 Å². The van der Waals surface area contributed by atoms with E-state index in [1.165, 1.54) is 0 Å². The molecule has 1 atom stereocenters. The third-order valence-electron chi connectivity index (χ3n) is 4.81. The van der Waals surface area contributed by atoms with Gasteiger partial charge in [0.2, 0.25) is 5.95 Å². The third kappa shape index (κ3) is 2.74. The first-order chi connectivity index (χ1) is 14.2. The van der Waals surface area contributed by atoms with E-state index in [1.807, 2.05) is 42.5 Å². The van der Waals surface area contributed by atoms with Gasteiger partial charge in [0, 0.05) is 21.7 Å². The number of hydrogen-bond acceptors (Lipinski definition) is 7. The Bertz CT molecular complexity index is 1280. The minimum absolute atomic E-state index is 0.324. The molecule has 0 bridgehead atoms. The zero-order chi connectivity index (χ0) is 20.0. The number of aromatic amines is 1. The largest absolute Gasteiger partial charge is 0.497 e. The van der Waals surface area contributed by atoms with Crippen molar-refractivity contribution in [2.24, 2.45) is 0 Å². The fourth-order valence-corrected chi connectivity index (χ4v) is 3.75. The summed E-state index contributed by atoms with van der Waals surface area (Å²) >= 11 is 6.51. The summed E-state index contributed by atoms with van der Waals surface area (Å²) in [6, 6.07) is 14.3. The second-order valence-corrected chi connectivity index (χ2v) is 6.83. The van der Waals surface area contributed by atoms with Gasteiger partial charge >= 0.3 is 0 Å². The Morgan fingerprint density at radius 3 is 2.86 bits per heavy atom. The summed E-state index contributed by atoms with van der Waals surface area (Å²) < 4.78 is 6.94. The number of aromatic nitrogens is 6. The molecule has 0 radical (unpaired) electrons. The van der Waals surface area contributed by atoms with Gasteiger partial charge in [0.15, 0.2) is 0 Å². The molecule has 0 unspecified atom stereocenters. The molecule has 0 spiro atoms. The monoisotopic (exact) mass is 407 g/mol. The maximum absolute atomic E-state index is 12.6. The molecule has 4 aromatic rings. The van der Waals surface area contributed by atoms with Crippen LogP contribution < -0.4 is 15.6 Å². The molecule has 0 aliphatic carbocycles. The van der Waals surface area contributed by atoms with E-state index >= 15 is 0 Å². The molecule has 0 amide bonds. The first-order valence-corrected chi connectivity index (χ1v) is 9.11. The number of anilines is 2. The molecule has 0 fully saturated rings. The van der Waals surface area contributed by atoms with Crippen molar-refractivity contribution in [2.75, 3.05) is 12.4 Å². The molecule has 3 heterocycles. The van der Waals surface area contributed by atoms with Gasteiger partial charge in [0.25, 0.3) is 5.56 Å².